The molecule has 0 aliphatic heterocycles. The maximum Gasteiger partial charge on any atom is 0.321 e. The van der Waals surface area contributed by atoms with E-state index in [0.29, 0.717) is 0 Å². The molecule has 2 aromatic rings. The molecule has 1 aromatic carbocycles. The standard InChI is InChI=1S/C14H18N2O2/c1-8(2)12(13(15)14(17)18)10-7-16-11-6-4-3-5-9(10)11/h3-8,12-13,16H,15H2,1-2H3,(H,17,18)/t12-,13-/m0/s1. The van der Waals surface area contributed by atoms with Crippen LogP contribution in [-0.2, 0) is 4.79 Å². The number of nitrogens with one attached hydrogen (secondary N) is 1. The minimum Gasteiger partial charge on any atom is -0.480 e. The molecule has 0 saturated carbocycles. The van der Waals surface area contributed by atoms with Crippen LogP contribution in [0.25, 0.3) is 10.9 Å². The van der Waals surface area contributed by atoms with Crippen LogP contribution >= 0.6 is 0 Å². The number of aromatic nitrogens is 1. The highest BCUT2D eigenvalue weighted by molar-refractivity contribution is 5.85. The lowest BCUT2D eigenvalue weighted by Crippen LogP contribution is -2.38. The van der Waals surface area contributed by atoms with Crippen molar-refractivity contribution in [2.24, 2.45) is 11.7 Å². The van der Waals surface area contributed by atoms with E-state index in [1.165, 1.54) is 0 Å². The number of para-hydroxylation sites is 1. The quantitative estimate of drug-likeness (QED) is 0.774. The van der Waals surface area contributed by atoms with Crippen molar-refractivity contribution in [3.8, 4) is 0 Å². The largest absolute Gasteiger partial charge is 0.480 e. The predicted octanol–water partition coefficient (Wildman–Crippen LogP) is 2.32. The van der Waals surface area contributed by atoms with Crippen LogP contribution in [0.3, 0.4) is 0 Å². The Morgan fingerprint density at radius 1 is 1.33 bits per heavy atom. The average molecular weight is 246 g/mol. The van der Waals surface area contributed by atoms with Gasteiger partial charge in [0.2, 0.25) is 0 Å². The van der Waals surface area contributed by atoms with Crippen molar-refractivity contribution in [2.75, 3.05) is 0 Å². The predicted molar refractivity (Wildman–Crippen MR) is 71.5 cm³/mol. The van der Waals surface area contributed by atoms with Crippen LogP contribution in [0.1, 0.15) is 25.3 Å². The Hall–Kier alpha value is -1.81. The van der Waals surface area contributed by atoms with Crippen LogP contribution in [0.4, 0.5) is 0 Å². The zero-order valence-electron chi connectivity index (χ0n) is 10.6. The number of aliphatic carboxylic acids is 1. The molecule has 0 amide bonds. The van der Waals surface area contributed by atoms with Crippen molar-refractivity contribution < 1.29 is 9.90 Å². The zero-order chi connectivity index (χ0) is 13.3. The monoisotopic (exact) mass is 246 g/mol. The number of benzene rings is 1. The van der Waals surface area contributed by atoms with Gasteiger partial charge in [0.1, 0.15) is 6.04 Å². The molecule has 1 heterocycles. The molecule has 0 bridgehead atoms. The topological polar surface area (TPSA) is 79.1 Å². The highest BCUT2D eigenvalue weighted by atomic mass is 16.4. The third kappa shape index (κ3) is 2.11. The lowest BCUT2D eigenvalue weighted by molar-refractivity contribution is -0.139. The molecular weight excluding hydrogens is 228 g/mol. The number of hydrogen-bond donors (Lipinski definition) is 3. The number of carbonyl (C=O) groups is 1. The van der Waals surface area contributed by atoms with E-state index in [2.05, 4.69) is 4.98 Å². The zero-order valence-corrected chi connectivity index (χ0v) is 10.6. The van der Waals surface area contributed by atoms with Crippen LogP contribution in [0.5, 0.6) is 0 Å². The van der Waals surface area contributed by atoms with Gasteiger partial charge in [-0.05, 0) is 17.5 Å². The summed E-state index contributed by atoms with van der Waals surface area (Å²) in [5, 5.41) is 10.2. The van der Waals surface area contributed by atoms with E-state index < -0.39 is 12.0 Å². The molecule has 0 aliphatic carbocycles. The summed E-state index contributed by atoms with van der Waals surface area (Å²) in [6, 6.07) is 6.98. The van der Waals surface area contributed by atoms with Gasteiger partial charge in [-0.1, -0.05) is 32.0 Å². The lowest BCUT2D eigenvalue weighted by Gasteiger charge is -2.24. The Labute approximate surface area is 106 Å². The van der Waals surface area contributed by atoms with Gasteiger partial charge >= 0.3 is 5.97 Å². The van der Waals surface area contributed by atoms with Gasteiger partial charge in [0.15, 0.2) is 0 Å². The molecule has 4 N–H and O–H groups in total. The molecule has 0 fully saturated rings. The number of hydrogen-bond acceptors (Lipinski definition) is 2. The summed E-state index contributed by atoms with van der Waals surface area (Å²) in [5.41, 5.74) is 7.82. The number of aromatic amines is 1. The third-order valence-corrected chi connectivity index (χ3v) is 3.37. The molecule has 96 valence electrons. The van der Waals surface area contributed by atoms with Crippen LogP contribution in [0.2, 0.25) is 0 Å². The summed E-state index contributed by atoms with van der Waals surface area (Å²) in [6.45, 7) is 3.99. The van der Waals surface area contributed by atoms with Crippen LogP contribution in [0.15, 0.2) is 30.5 Å². The van der Waals surface area contributed by atoms with E-state index >= 15 is 0 Å². The molecular formula is C14H18N2O2. The highest BCUT2D eigenvalue weighted by Crippen LogP contribution is 2.32. The fourth-order valence-corrected chi connectivity index (χ4v) is 2.49. The summed E-state index contributed by atoms with van der Waals surface area (Å²) in [7, 11) is 0. The lowest BCUT2D eigenvalue weighted by atomic mass is 9.82. The van der Waals surface area contributed by atoms with E-state index in [4.69, 9.17) is 10.8 Å². The first-order chi connectivity index (χ1) is 8.52. The number of H-pyrrole nitrogens is 1. The van der Waals surface area contributed by atoms with Crippen molar-refractivity contribution in [3.05, 3.63) is 36.0 Å². The average Bonchev–Trinajstić information content (AvgIpc) is 2.73. The smallest absolute Gasteiger partial charge is 0.321 e. The number of fused-ring (bicyclic) bond motifs is 1. The van der Waals surface area contributed by atoms with Gasteiger partial charge in [-0.25, -0.2) is 0 Å². The SMILES string of the molecule is CC(C)[C@@H](c1c[nH]c2ccccc12)[C@H](N)C(=O)O. The van der Waals surface area contributed by atoms with Crippen molar-refractivity contribution in [1.82, 2.24) is 4.98 Å². The fraction of sp³-hybridized carbons (Fsp3) is 0.357. The van der Waals surface area contributed by atoms with Crippen molar-refractivity contribution in [3.63, 3.8) is 0 Å². The van der Waals surface area contributed by atoms with E-state index in [-0.39, 0.29) is 11.8 Å². The molecule has 0 unspecified atom stereocenters. The van der Waals surface area contributed by atoms with Gasteiger partial charge in [0, 0.05) is 23.0 Å². The Morgan fingerprint density at radius 2 is 2.00 bits per heavy atom. The summed E-state index contributed by atoms with van der Waals surface area (Å²) in [5.74, 6) is -0.993. The van der Waals surface area contributed by atoms with Crippen LogP contribution in [-0.4, -0.2) is 22.1 Å². The Kier molecular flexibility index (Phi) is 3.39. The van der Waals surface area contributed by atoms with E-state index in [1.54, 1.807) is 0 Å². The molecule has 0 spiro atoms. The third-order valence-electron chi connectivity index (χ3n) is 3.37. The molecule has 0 radical (unpaired) electrons. The fourth-order valence-electron chi connectivity index (χ4n) is 2.49. The van der Waals surface area contributed by atoms with Gasteiger partial charge in [0.05, 0.1) is 0 Å². The van der Waals surface area contributed by atoms with Crippen molar-refractivity contribution >= 4 is 16.9 Å². The van der Waals surface area contributed by atoms with E-state index in [1.807, 2.05) is 44.3 Å². The Morgan fingerprint density at radius 3 is 2.61 bits per heavy atom. The minimum atomic E-state index is -0.959. The number of carboxylic acids is 1. The van der Waals surface area contributed by atoms with Crippen LogP contribution < -0.4 is 5.73 Å². The summed E-state index contributed by atoms with van der Waals surface area (Å²) in [6.07, 6.45) is 1.87. The second-order valence-corrected chi connectivity index (χ2v) is 4.92. The normalized spacial score (nSPS) is 14.9. The molecule has 18 heavy (non-hydrogen) atoms. The first-order valence-corrected chi connectivity index (χ1v) is 6.06. The molecule has 4 heteroatoms. The second-order valence-electron chi connectivity index (χ2n) is 4.92. The highest BCUT2D eigenvalue weighted by Gasteiger charge is 2.30. The van der Waals surface area contributed by atoms with Gasteiger partial charge in [-0.2, -0.15) is 0 Å². The molecule has 2 atom stereocenters. The molecule has 2 rings (SSSR count). The Bertz CT molecular complexity index is 560. The minimum absolute atomic E-state index is 0.162. The summed E-state index contributed by atoms with van der Waals surface area (Å²) in [4.78, 5) is 14.3. The Balaban J connectivity index is 2.52. The molecule has 0 saturated heterocycles. The first-order valence-electron chi connectivity index (χ1n) is 6.06. The van der Waals surface area contributed by atoms with Crippen molar-refractivity contribution in [2.45, 2.75) is 25.8 Å². The number of rotatable bonds is 4. The second kappa shape index (κ2) is 4.82. The maximum atomic E-state index is 11.1. The summed E-state index contributed by atoms with van der Waals surface area (Å²) < 4.78 is 0. The van der Waals surface area contributed by atoms with E-state index in [0.717, 1.165) is 16.5 Å². The van der Waals surface area contributed by atoms with Gasteiger partial charge in [-0.3, -0.25) is 4.79 Å². The van der Waals surface area contributed by atoms with E-state index in [9.17, 15) is 4.79 Å². The number of nitrogens with two attached hydrogens (primary N) is 1. The summed E-state index contributed by atoms with van der Waals surface area (Å²) >= 11 is 0. The van der Waals surface area contributed by atoms with Gasteiger partial charge in [-0.15, -0.1) is 0 Å². The molecule has 1 aromatic heterocycles. The first kappa shape index (κ1) is 12.6. The number of carboxylic acid groups (broad SMARTS) is 1. The van der Waals surface area contributed by atoms with Crippen LogP contribution in [0, 0.1) is 5.92 Å². The van der Waals surface area contributed by atoms with Crippen molar-refractivity contribution in [1.29, 1.82) is 0 Å². The maximum absolute atomic E-state index is 11.1. The molecule has 0 aliphatic rings. The molecule has 4 nitrogen and oxygen atoms in total. The van der Waals surface area contributed by atoms with Gasteiger partial charge < -0.3 is 15.8 Å². The van der Waals surface area contributed by atoms with Gasteiger partial charge in [0.25, 0.3) is 0 Å².